The molecule has 3 rings (SSSR count). The maximum Gasteiger partial charge on any atom is 0.340 e. The van der Waals surface area contributed by atoms with Crippen LogP contribution in [-0.4, -0.2) is 17.1 Å². The van der Waals surface area contributed by atoms with Gasteiger partial charge >= 0.3 is 5.97 Å². The molecular formula is C20H17F2NO2. The number of halogens is 2. The van der Waals surface area contributed by atoms with E-state index >= 15 is 0 Å². The number of nitrogens with zero attached hydrogens (tertiary/aromatic N) is 1. The van der Waals surface area contributed by atoms with Gasteiger partial charge in [-0.25, -0.2) is 13.6 Å². The standard InChI is InChI=1S/C20H17F2NO2/c1-3-25-20(24)19-13(2)23(17-10-8-16(22)9-11-17)12-18(19)14-4-6-15(21)7-5-14/h4-12H,3H2,1-2H3. The first-order valence-electron chi connectivity index (χ1n) is 7.92. The minimum atomic E-state index is -0.444. The lowest BCUT2D eigenvalue weighted by Gasteiger charge is -2.07. The van der Waals surface area contributed by atoms with Crippen molar-refractivity contribution in [2.24, 2.45) is 0 Å². The first-order valence-corrected chi connectivity index (χ1v) is 7.92. The Kier molecular flexibility index (Phi) is 4.65. The van der Waals surface area contributed by atoms with Crippen molar-refractivity contribution in [2.75, 3.05) is 6.61 Å². The smallest absolute Gasteiger partial charge is 0.340 e. The number of benzene rings is 2. The number of hydrogen-bond donors (Lipinski definition) is 0. The van der Waals surface area contributed by atoms with Crippen LogP contribution in [0.2, 0.25) is 0 Å². The van der Waals surface area contributed by atoms with Gasteiger partial charge in [-0.15, -0.1) is 0 Å². The van der Waals surface area contributed by atoms with Gasteiger partial charge in [-0.3, -0.25) is 0 Å². The minimum Gasteiger partial charge on any atom is -0.462 e. The maximum absolute atomic E-state index is 13.2. The topological polar surface area (TPSA) is 31.2 Å². The van der Waals surface area contributed by atoms with Crippen molar-refractivity contribution in [3.8, 4) is 16.8 Å². The van der Waals surface area contributed by atoms with Crippen molar-refractivity contribution in [1.82, 2.24) is 4.57 Å². The molecule has 0 saturated heterocycles. The van der Waals surface area contributed by atoms with Crippen LogP contribution >= 0.6 is 0 Å². The Hall–Kier alpha value is -2.95. The lowest BCUT2D eigenvalue weighted by Crippen LogP contribution is -2.07. The molecule has 0 aliphatic carbocycles. The molecule has 0 unspecified atom stereocenters. The zero-order valence-electron chi connectivity index (χ0n) is 13.9. The molecule has 1 heterocycles. The number of rotatable bonds is 4. The summed E-state index contributed by atoms with van der Waals surface area (Å²) in [5.41, 5.74) is 3.15. The molecule has 3 nitrogen and oxygen atoms in total. The van der Waals surface area contributed by atoms with E-state index in [4.69, 9.17) is 4.74 Å². The maximum atomic E-state index is 13.2. The summed E-state index contributed by atoms with van der Waals surface area (Å²) >= 11 is 0. The number of hydrogen-bond acceptors (Lipinski definition) is 2. The Morgan fingerprint density at radius 2 is 1.56 bits per heavy atom. The molecule has 128 valence electrons. The van der Waals surface area contributed by atoms with Crippen LogP contribution in [0.15, 0.2) is 54.7 Å². The van der Waals surface area contributed by atoms with Gasteiger partial charge in [0.15, 0.2) is 0 Å². The SMILES string of the molecule is CCOC(=O)c1c(-c2ccc(F)cc2)cn(-c2ccc(F)cc2)c1C. The fourth-order valence-electron chi connectivity index (χ4n) is 2.78. The largest absolute Gasteiger partial charge is 0.462 e. The van der Waals surface area contributed by atoms with Gasteiger partial charge in [-0.1, -0.05) is 12.1 Å². The summed E-state index contributed by atoms with van der Waals surface area (Å²) in [7, 11) is 0. The van der Waals surface area contributed by atoms with E-state index in [1.807, 2.05) is 0 Å². The lowest BCUT2D eigenvalue weighted by atomic mass is 10.0. The Morgan fingerprint density at radius 1 is 1.00 bits per heavy atom. The molecule has 2 aromatic carbocycles. The summed E-state index contributed by atoms with van der Waals surface area (Å²) in [5.74, 6) is -1.13. The normalized spacial score (nSPS) is 10.7. The van der Waals surface area contributed by atoms with Gasteiger partial charge in [0.1, 0.15) is 11.6 Å². The van der Waals surface area contributed by atoms with Crippen LogP contribution in [-0.2, 0) is 4.74 Å². The highest BCUT2D eigenvalue weighted by molar-refractivity contribution is 5.99. The van der Waals surface area contributed by atoms with E-state index in [2.05, 4.69) is 0 Å². The molecule has 0 aliphatic rings. The van der Waals surface area contributed by atoms with Gasteiger partial charge in [0.2, 0.25) is 0 Å². The molecular weight excluding hydrogens is 324 g/mol. The van der Waals surface area contributed by atoms with Gasteiger partial charge in [0.05, 0.1) is 12.2 Å². The second-order valence-electron chi connectivity index (χ2n) is 5.58. The first-order chi connectivity index (χ1) is 12.0. The molecule has 0 radical (unpaired) electrons. The number of carbonyl (C=O) groups is 1. The number of carbonyl (C=O) groups excluding carboxylic acids is 1. The van der Waals surface area contributed by atoms with Gasteiger partial charge in [-0.05, 0) is 55.8 Å². The van der Waals surface area contributed by atoms with E-state index in [0.29, 0.717) is 22.4 Å². The van der Waals surface area contributed by atoms with Gasteiger partial charge in [0, 0.05) is 23.1 Å². The highest BCUT2D eigenvalue weighted by Crippen LogP contribution is 2.31. The molecule has 0 amide bonds. The lowest BCUT2D eigenvalue weighted by molar-refractivity contribution is 0.0526. The molecule has 0 bridgehead atoms. The minimum absolute atomic E-state index is 0.253. The monoisotopic (exact) mass is 341 g/mol. The Morgan fingerprint density at radius 3 is 2.12 bits per heavy atom. The van der Waals surface area contributed by atoms with Gasteiger partial charge < -0.3 is 9.30 Å². The molecule has 0 spiro atoms. The molecule has 0 N–H and O–H groups in total. The summed E-state index contributed by atoms with van der Waals surface area (Å²) in [6.07, 6.45) is 1.78. The van der Waals surface area contributed by atoms with E-state index in [9.17, 15) is 13.6 Å². The number of aromatic nitrogens is 1. The molecule has 1 aromatic heterocycles. The van der Waals surface area contributed by atoms with E-state index < -0.39 is 5.97 Å². The fraction of sp³-hybridized carbons (Fsp3) is 0.150. The van der Waals surface area contributed by atoms with Crippen molar-refractivity contribution in [1.29, 1.82) is 0 Å². The summed E-state index contributed by atoms with van der Waals surface area (Å²) in [5, 5.41) is 0. The van der Waals surface area contributed by atoms with Gasteiger partial charge in [0.25, 0.3) is 0 Å². The van der Waals surface area contributed by atoms with Crippen LogP contribution in [0.5, 0.6) is 0 Å². The van der Waals surface area contributed by atoms with Crippen molar-refractivity contribution in [2.45, 2.75) is 13.8 Å². The molecule has 5 heteroatoms. The molecule has 0 saturated carbocycles. The number of ether oxygens (including phenoxy) is 1. The van der Waals surface area contributed by atoms with Crippen molar-refractivity contribution < 1.29 is 18.3 Å². The van der Waals surface area contributed by atoms with Crippen LogP contribution in [0.3, 0.4) is 0 Å². The summed E-state index contributed by atoms with van der Waals surface area (Å²) in [6, 6.07) is 11.9. The van der Waals surface area contributed by atoms with Crippen LogP contribution in [0.4, 0.5) is 8.78 Å². The highest BCUT2D eigenvalue weighted by atomic mass is 19.1. The summed E-state index contributed by atoms with van der Waals surface area (Å²) in [4.78, 5) is 12.5. The van der Waals surface area contributed by atoms with Crippen molar-refractivity contribution in [3.05, 3.63) is 77.6 Å². The van der Waals surface area contributed by atoms with Crippen molar-refractivity contribution in [3.63, 3.8) is 0 Å². The van der Waals surface area contributed by atoms with Crippen LogP contribution in [0.1, 0.15) is 23.0 Å². The van der Waals surface area contributed by atoms with Crippen LogP contribution in [0.25, 0.3) is 16.8 Å². The fourth-order valence-corrected chi connectivity index (χ4v) is 2.78. The zero-order chi connectivity index (χ0) is 18.0. The molecule has 3 aromatic rings. The third kappa shape index (κ3) is 3.31. The van der Waals surface area contributed by atoms with Gasteiger partial charge in [-0.2, -0.15) is 0 Å². The van der Waals surface area contributed by atoms with Crippen LogP contribution in [0, 0.1) is 18.6 Å². The number of esters is 1. The van der Waals surface area contributed by atoms with E-state index in [1.54, 1.807) is 48.9 Å². The highest BCUT2D eigenvalue weighted by Gasteiger charge is 2.22. The summed E-state index contributed by atoms with van der Waals surface area (Å²) < 4.78 is 33.4. The third-order valence-corrected chi connectivity index (χ3v) is 3.99. The molecule has 25 heavy (non-hydrogen) atoms. The predicted molar refractivity (Wildman–Crippen MR) is 91.8 cm³/mol. The predicted octanol–water partition coefficient (Wildman–Crippen LogP) is 4.91. The zero-order valence-corrected chi connectivity index (χ0v) is 13.9. The average molecular weight is 341 g/mol. The van der Waals surface area contributed by atoms with Crippen LogP contribution < -0.4 is 0 Å². The Labute approximate surface area is 144 Å². The first kappa shape index (κ1) is 16.9. The van der Waals surface area contributed by atoms with E-state index in [1.165, 1.54) is 24.3 Å². The summed E-state index contributed by atoms with van der Waals surface area (Å²) in [6.45, 7) is 3.78. The second kappa shape index (κ2) is 6.89. The Bertz CT molecular complexity index is 897. The van der Waals surface area contributed by atoms with Crippen molar-refractivity contribution >= 4 is 5.97 Å². The quantitative estimate of drug-likeness (QED) is 0.632. The third-order valence-electron chi connectivity index (χ3n) is 3.99. The van der Waals surface area contributed by atoms with E-state index in [-0.39, 0.29) is 18.2 Å². The van der Waals surface area contributed by atoms with E-state index in [0.717, 1.165) is 5.69 Å². The molecule has 0 aliphatic heterocycles. The second-order valence-corrected chi connectivity index (χ2v) is 5.58. The molecule has 0 fully saturated rings. The Balaban J connectivity index is 2.18. The average Bonchev–Trinajstić information content (AvgIpc) is 2.94. The molecule has 0 atom stereocenters.